The Bertz CT molecular complexity index is 1050. The normalized spacial score (nSPS) is 14.9. The largest absolute Gasteiger partial charge is 0.467 e. The highest BCUT2D eigenvalue weighted by Crippen LogP contribution is 2.32. The van der Waals surface area contributed by atoms with Gasteiger partial charge in [-0.15, -0.1) is 10.2 Å². The van der Waals surface area contributed by atoms with Crippen molar-refractivity contribution in [3.63, 3.8) is 0 Å². The number of ether oxygens (including phenoxy) is 2. The van der Waals surface area contributed by atoms with Crippen molar-refractivity contribution in [1.82, 2.24) is 20.1 Å². The number of nitrogens with one attached hydrogen (secondary N) is 1. The van der Waals surface area contributed by atoms with Crippen LogP contribution in [0.2, 0.25) is 0 Å². The Hall–Kier alpha value is -3.14. The van der Waals surface area contributed by atoms with Crippen molar-refractivity contribution in [1.29, 1.82) is 0 Å². The van der Waals surface area contributed by atoms with Crippen molar-refractivity contribution in [2.24, 2.45) is 0 Å². The van der Waals surface area contributed by atoms with Crippen LogP contribution >= 0.6 is 11.8 Å². The van der Waals surface area contributed by atoms with Gasteiger partial charge >= 0.3 is 0 Å². The van der Waals surface area contributed by atoms with E-state index in [1.54, 1.807) is 6.26 Å². The summed E-state index contributed by atoms with van der Waals surface area (Å²) in [4.78, 5) is 14.7. The number of hydrogen-bond acceptors (Lipinski definition) is 8. The molecule has 10 heteroatoms. The van der Waals surface area contributed by atoms with Gasteiger partial charge in [0.25, 0.3) is 0 Å². The van der Waals surface area contributed by atoms with Gasteiger partial charge in [0.05, 0.1) is 18.6 Å². The highest BCUT2D eigenvalue weighted by molar-refractivity contribution is 7.99. The van der Waals surface area contributed by atoms with Crippen LogP contribution in [0.1, 0.15) is 24.2 Å². The molecule has 1 N–H and O–H groups in total. The summed E-state index contributed by atoms with van der Waals surface area (Å²) in [5.74, 6) is 3.28. The fraction of sp³-hybridized carbons (Fsp3) is 0.381. The van der Waals surface area contributed by atoms with Crippen molar-refractivity contribution >= 4 is 23.6 Å². The third kappa shape index (κ3) is 4.48. The fourth-order valence-corrected chi connectivity index (χ4v) is 4.43. The zero-order valence-corrected chi connectivity index (χ0v) is 17.8. The number of hydrogen-bond donors (Lipinski definition) is 1. The van der Waals surface area contributed by atoms with Gasteiger partial charge in [0.15, 0.2) is 16.7 Å². The second-order valence-corrected chi connectivity index (χ2v) is 8.34. The standard InChI is InChI=1S/C21H23N5O4S/c27-19(22-11-15-5-6-17-18(10-15)30-14-29-17)13-31-21-24-23-20(25-7-1-2-8-25)26(21)12-16-4-3-9-28-16/h3-6,9-10H,1-2,7-8,11-14H2,(H,22,27). The summed E-state index contributed by atoms with van der Waals surface area (Å²) in [6.45, 7) is 3.13. The van der Waals surface area contributed by atoms with Gasteiger partial charge in [0.2, 0.25) is 18.6 Å². The number of aromatic nitrogens is 3. The summed E-state index contributed by atoms with van der Waals surface area (Å²) in [7, 11) is 0. The topological polar surface area (TPSA) is 94.7 Å². The summed E-state index contributed by atoms with van der Waals surface area (Å²) in [6, 6.07) is 9.46. The number of carbonyl (C=O) groups is 1. The molecule has 0 saturated carbocycles. The van der Waals surface area contributed by atoms with Crippen LogP contribution in [0, 0.1) is 0 Å². The summed E-state index contributed by atoms with van der Waals surface area (Å²) < 4.78 is 18.2. The molecule has 0 atom stereocenters. The van der Waals surface area contributed by atoms with E-state index in [0.29, 0.717) is 24.0 Å². The lowest BCUT2D eigenvalue weighted by Gasteiger charge is -2.17. The highest BCUT2D eigenvalue weighted by Gasteiger charge is 2.22. The second-order valence-electron chi connectivity index (χ2n) is 7.40. The van der Waals surface area contributed by atoms with E-state index in [-0.39, 0.29) is 18.5 Å². The van der Waals surface area contributed by atoms with E-state index >= 15 is 0 Å². The van der Waals surface area contributed by atoms with Crippen LogP contribution in [0.25, 0.3) is 0 Å². The van der Waals surface area contributed by atoms with E-state index in [2.05, 4.69) is 20.4 Å². The third-order valence-electron chi connectivity index (χ3n) is 5.24. The van der Waals surface area contributed by atoms with Crippen LogP contribution in [0.4, 0.5) is 5.95 Å². The lowest BCUT2D eigenvalue weighted by atomic mass is 10.2. The SMILES string of the molecule is O=C(CSc1nnc(N2CCCC2)n1Cc1ccco1)NCc1ccc2c(c1)OCO2. The molecule has 2 aliphatic heterocycles. The molecule has 2 aromatic heterocycles. The molecular formula is C21H23N5O4S. The Morgan fingerprint density at radius 1 is 1.13 bits per heavy atom. The van der Waals surface area contributed by atoms with Crippen molar-refractivity contribution < 1.29 is 18.7 Å². The van der Waals surface area contributed by atoms with E-state index in [4.69, 9.17) is 13.9 Å². The van der Waals surface area contributed by atoms with Gasteiger partial charge in [-0.2, -0.15) is 0 Å². The molecule has 3 aromatic rings. The minimum atomic E-state index is -0.0714. The number of furan rings is 1. The molecule has 1 saturated heterocycles. The zero-order valence-electron chi connectivity index (χ0n) is 17.0. The molecule has 2 aliphatic rings. The molecule has 0 aliphatic carbocycles. The highest BCUT2D eigenvalue weighted by atomic mass is 32.2. The summed E-state index contributed by atoms with van der Waals surface area (Å²) in [6.07, 6.45) is 3.96. The number of carbonyl (C=O) groups excluding carboxylic acids is 1. The van der Waals surface area contributed by atoms with Crippen molar-refractivity contribution in [3.8, 4) is 11.5 Å². The van der Waals surface area contributed by atoms with Crippen LogP contribution in [0.15, 0.2) is 46.2 Å². The van der Waals surface area contributed by atoms with Crippen molar-refractivity contribution in [2.45, 2.75) is 31.1 Å². The van der Waals surface area contributed by atoms with Gasteiger partial charge in [-0.1, -0.05) is 17.8 Å². The van der Waals surface area contributed by atoms with E-state index in [1.165, 1.54) is 11.8 Å². The number of fused-ring (bicyclic) bond motifs is 1. The molecule has 1 amide bonds. The lowest BCUT2D eigenvalue weighted by molar-refractivity contribution is -0.118. The van der Waals surface area contributed by atoms with Gasteiger partial charge in [-0.05, 0) is 42.7 Å². The Kier molecular flexibility index (Phi) is 5.70. The fourth-order valence-electron chi connectivity index (χ4n) is 3.67. The molecule has 162 valence electrons. The molecule has 0 spiro atoms. The van der Waals surface area contributed by atoms with Crippen LogP contribution in [-0.4, -0.2) is 46.3 Å². The van der Waals surface area contributed by atoms with E-state index in [9.17, 15) is 4.79 Å². The predicted octanol–water partition coefficient (Wildman–Crippen LogP) is 2.66. The maximum absolute atomic E-state index is 12.4. The molecule has 0 radical (unpaired) electrons. The molecule has 4 heterocycles. The minimum Gasteiger partial charge on any atom is -0.467 e. The number of rotatable bonds is 8. The van der Waals surface area contributed by atoms with Crippen molar-refractivity contribution in [2.75, 3.05) is 30.5 Å². The first kappa shape index (κ1) is 19.8. The smallest absolute Gasteiger partial charge is 0.231 e. The molecule has 5 rings (SSSR count). The number of amides is 1. The van der Waals surface area contributed by atoms with E-state index in [1.807, 2.05) is 34.9 Å². The van der Waals surface area contributed by atoms with Gasteiger partial charge in [0.1, 0.15) is 5.76 Å². The Balaban J connectivity index is 1.21. The molecule has 1 aromatic carbocycles. The molecule has 31 heavy (non-hydrogen) atoms. The van der Waals surface area contributed by atoms with Gasteiger partial charge < -0.3 is 24.1 Å². The minimum absolute atomic E-state index is 0.0714. The Morgan fingerprint density at radius 3 is 2.84 bits per heavy atom. The monoisotopic (exact) mass is 441 g/mol. The van der Waals surface area contributed by atoms with Gasteiger partial charge in [-0.25, -0.2) is 0 Å². The average molecular weight is 442 g/mol. The Labute approximate surface area is 183 Å². The number of benzene rings is 1. The molecule has 9 nitrogen and oxygen atoms in total. The van der Waals surface area contributed by atoms with E-state index in [0.717, 1.165) is 49.0 Å². The number of anilines is 1. The maximum atomic E-state index is 12.4. The summed E-state index contributed by atoms with van der Waals surface area (Å²) in [5, 5.41) is 12.4. The predicted molar refractivity (Wildman–Crippen MR) is 114 cm³/mol. The van der Waals surface area contributed by atoms with Crippen LogP contribution < -0.4 is 19.7 Å². The first-order valence-electron chi connectivity index (χ1n) is 10.2. The molecule has 0 bridgehead atoms. The number of nitrogens with zero attached hydrogens (tertiary/aromatic N) is 4. The first-order chi connectivity index (χ1) is 15.3. The lowest BCUT2D eigenvalue weighted by Crippen LogP contribution is -2.25. The molecular weight excluding hydrogens is 418 g/mol. The third-order valence-corrected chi connectivity index (χ3v) is 6.21. The zero-order chi connectivity index (χ0) is 21.0. The van der Waals surface area contributed by atoms with E-state index < -0.39 is 0 Å². The van der Waals surface area contributed by atoms with Gasteiger partial charge in [-0.3, -0.25) is 9.36 Å². The molecule has 1 fully saturated rings. The van der Waals surface area contributed by atoms with Crippen LogP contribution in [-0.2, 0) is 17.9 Å². The second kappa shape index (κ2) is 8.93. The number of thioether (sulfide) groups is 1. The van der Waals surface area contributed by atoms with Crippen molar-refractivity contribution in [3.05, 3.63) is 47.9 Å². The van der Waals surface area contributed by atoms with Crippen LogP contribution in [0.5, 0.6) is 11.5 Å². The first-order valence-corrected chi connectivity index (χ1v) is 11.2. The van der Waals surface area contributed by atoms with Crippen LogP contribution in [0.3, 0.4) is 0 Å². The quantitative estimate of drug-likeness (QED) is 0.533. The Morgan fingerprint density at radius 2 is 2.00 bits per heavy atom. The molecule has 0 unspecified atom stereocenters. The average Bonchev–Trinajstić information content (AvgIpc) is 3.58. The van der Waals surface area contributed by atoms with Gasteiger partial charge in [0, 0.05) is 19.6 Å². The maximum Gasteiger partial charge on any atom is 0.231 e. The summed E-state index contributed by atoms with van der Waals surface area (Å²) >= 11 is 1.38. The summed E-state index contributed by atoms with van der Waals surface area (Å²) in [5.41, 5.74) is 0.958.